The quantitative estimate of drug-likeness (QED) is 0.860. The first-order valence-electron chi connectivity index (χ1n) is 7.86. The molecular formula is C18H24N2O. The van der Waals surface area contributed by atoms with E-state index in [-0.39, 0.29) is 5.91 Å². The zero-order chi connectivity index (χ0) is 14.9. The summed E-state index contributed by atoms with van der Waals surface area (Å²) >= 11 is 0. The van der Waals surface area contributed by atoms with Crippen molar-refractivity contribution < 1.29 is 4.79 Å². The second-order valence-electron chi connectivity index (χ2n) is 5.56. The molecule has 0 atom stereocenters. The Hall–Kier alpha value is -1.79. The Bertz CT molecular complexity index is 495. The highest BCUT2D eigenvalue weighted by Crippen LogP contribution is 2.13. The zero-order valence-corrected chi connectivity index (χ0v) is 12.8. The maximum Gasteiger partial charge on any atom is 0.298 e. The van der Waals surface area contributed by atoms with Crippen LogP contribution in [0.1, 0.15) is 31.7 Å². The molecule has 1 N–H and O–H groups in total. The number of benzene rings is 1. The Balaban J connectivity index is 1.96. The second-order valence-corrected chi connectivity index (χ2v) is 5.56. The molecule has 0 radical (unpaired) electrons. The molecule has 0 aliphatic carbocycles. The van der Waals surface area contributed by atoms with Crippen LogP contribution in [-0.2, 0) is 4.79 Å². The summed E-state index contributed by atoms with van der Waals surface area (Å²) in [6.07, 6.45) is 3.28. The van der Waals surface area contributed by atoms with Gasteiger partial charge in [-0.15, -0.1) is 0 Å². The van der Waals surface area contributed by atoms with Crippen LogP contribution in [0.4, 0.5) is 0 Å². The molecule has 1 saturated heterocycles. The minimum absolute atomic E-state index is 0.0424. The number of nitrogens with one attached hydrogen (secondary N) is 1. The van der Waals surface area contributed by atoms with Gasteiger partial charge in [0.25, 0.3) is 5.91 Å². The Morgan fingerprint density at radius 3 is 2.67 bits per heavy atom. The number of hydrogen-bond acceptors (Lipinski definition) is 2. The molecule has 3 heteroatoms. The SMILES string of the molecule is CCCN(CC1CCNCC1)C(=O)C#Cc1ccccc1. The van der Waals surface area contributed by atoms with E-state index in [0.717, 1.165) is 51.0 Å². The van der Waals surface area contributed by atoms with E-state index in [1.165, 1.54) is 0 Å². The maximum atomic E-state index is 12.3. The van der Waals surface area contributed by atoms with E-state index in [1.54, 1.807) is 0 Å². The number of hydrogen-bond donors (Lipinski definition) is 1. The van der Waals surface area contributed by atoms with Crippen molar-refractivity contribution in [1.29, 1.82) is 0 Å². The normalized spacial score (nSPS) is 15.1. The molecule has 1 heterocycles. The van der Waals surface area contributed by atoms with E-state index in [0.29, 0.717) is 5.92 Å². The number of nitrogens with zero attached hydrogens (tertiary/aromatic N) is 1. The van der Waals surface area contributed by atoms with Gasteiger partial charge in [0.1, 0.15) is 0 Å². The Morgan fingerprint density at radius 1 is 1.29 bits per heavy atom. The summed E-state index contributed by atoms with van der Waals surface area (Å²) in [4.78, 5) is 14.2. The van der Waals surface area contributed by atoms with Crippen LogP contribution in [0.25, 0.3) is 0 Å². The lowest BCUT2D eigenvalue weighted by Crippen LogP contribution is -2.39. The number of piperidine rings is 1. The average Bonchev–Trinajstić information content (AvgIpc) is 2.54. The number of rotatable bonds is 4. The molecule has 0 saturated carbocycles. The van der Waals surface area contributed by atoms with Crippen LogP contribution >= 0.6 is 0 Å². The van der Waals surface area contributed by atoms with E-state index in [2.05, 4.69) is 24.1 Å². The van der Waals surface area contributed by atoms with Crippen molar-refractivity contribution in [2.75, 3.05) is 26.2 Å². The van der Waals surface area contributed by atoms with E-state index >= 15 is 0 Å². The van der Waals surface area contributed by atoms with E-state index in [4.69, 9.17) is 0 Å². The summed E-state index contributed by atoms with van der Waals surface area (Å²) < 4.78 is 0. The Kier molecular flexibility index (Phi) is 6.30. The molecule has 0 bridgehead atoms. The molecular weight excluding hydrogens is 260 g/mol. The van der Waals surface area contributed by atoms with Crippen molar-refractivity contribution in [3.8, 4) is 11.8 Å². The van der Waals surface area contributed by atoms with Gasteiger partial charge in [-0.3, -0.25) is 4.79 Å². The van der Waals surface area contributed by atoms with Crippen molar-refractivity contribution in [3.63, 3.8) is 0 Å². The fourth-order valence-electron chi connectivity index (χ4n) is 2.65. The van der Waals surface area contributed by atoms with Crippen molar-refractivity contribution in [1.82, 2.24) is 10.2 Å². The van der Waals surface area contributed by atoms with E-state index in [9.17, 15) is 4.79 Å². The van der Waals surface area contributed by atoms with Gasteiger partial charge in [-0.1, -0.05) is 31.0 Å². The molecule has 2 rings (SSSR count). The van der Waals surface area contributed by atoms with Gasteiger partial charge in [-0.05, 0) is 50.4 Å². The van der Waals surface area contributed by atoms with Crippen LogP contribution in [0.2, 0.25) is 0 Å². The van der Waals surface area contributed by atoms with Gasteiger partial charge in [0, 0.05) is 24.6 Å². The number of carbonyl (C=O) groups excluding carboxylic acids is 1. The highest BCUT2D eigenvalue weighted by atomic mass is 16.2. The predicted molar refractivity (Wildman–Crippen MR) is 85.8 cm³/mol. The Morgan fingerprint density at radius 2 is 2.00 bits per heavy atom. The third-order valence-corrected chi connectivity index (χ3v) is 3.81. The molecule has 0 aromatic heterocycles. The molecule has 1 aliphatic heterocycles. The summed E-state index contributed by atoms with van der Waals surface area (Å²) in [6, 6.07) is 9.68. The predicted octanol–water partition coefficient (Wildman–Crippen LogP) is 2.28. The van der Waals surface area contributed by atoms with Crippen LogP contribution in [0.5, 0.6) is 0 Å². The lowest BCUT2D eigenvalue weighted by molar-refractivity contribution is -0.125. The number of amides is 1. The summed E-state index contributed by atoms with van der Waals surface area (Å²) in [6.45, 7) is 5.88. The molecule has 112 valence electrons. The Labute approximate surface area is 127 Å². The van der Waals surface area contributed by atoms with Gasteiger partial charge >= 0.3 is 0 Å². The molecule has 1 fully saturated rings. The molecule has 1 aromatic carbocycles. The summed E-state index contributed by atoms with van der Waals surface area (Å²) in [5, 5.41) is 3.36. The van der Waals surface area contributed by atoms with Gasteiger partial charge in [-0.25, -0.2) is 0 Å². The summed E-state index contributed by atoms with van der Waals surface area (Å²) in [5.74, 6) is 6.33. The fourth-order valence-corrected chi connectivity index (χ4v) is 2.65. The van der Waals surface area contributed by atoms with E-state index in [1.807, 2.05) is 35.2 Å². The van der Waals surface area contributed by atoms with Gasteiger partial charge in [0.05, 0.1) is 0 Å². The van der Waals surface area contributed by atoms with E-state index < -0.39 is 0 Å². The first-order valence-corrected chi connectivity index (χ1v) is 7.86. The van der Waals surface area contributed by atoms with Crippen LogP contribution < -0.4 is 5.32 Å². The molecule has 3 nitrogen and oxygen atoms in total. The third kappa shape index (κ3) is 5.24. The van der Waals surface area contributed by atoms with Gasteiger partial charge in [0.15, 0.2) is 0 Å². The minimum Gasteiger partial charge on any atom is -0.332 e. The van der Waals surface area contributed by atoms with Crippen molar-refractivity contribution in [2.24, 2.45) is 5.92 Å². The highest BCUT2D eigenvalue weighted by Gasteiger charge is 2.19. The summed E-state index contributed by atoms with van der Waals surface area (Å²) in [5.41, 5.74) is 0.893. The average molecular weight is 284 g/mol. The standard InChI is InChI=1S/C18H24N2O/c1-2-14-20(15-17-10-12-19-13-11-17)18(21)9-8-16-6-4-3-5-7-16/h3-7,17,19H,2,10-15H2,1H3. The molecule has 0 unspecified atom stereocenters. The molecule has 1 aliphatic rings. The van der Waals surface area contributed by atoms with Crippen molar-refractivity contribution >= 4 is 5.91 Å². The highest BCUT2D eigenvalue weighted by molar-refractivity contribution is 5.94. The molecule has 1 amide bonds. The van der Waals surface area contributed by atoms with Gasteiger partial charge < -0.3 is 10.2 Å². The summed E-state index contributed by atoms with van der Waals surface area (Å²) in [7, 11) is 0. The fraction of sp³-hybridized carbons (Fsp3) is 0.500. The van der Waals surface area contributed by atoms with Crippen LogP contribution in [0, 0.1) is 17.8 Å². The van der Waals surface area contributed by atoms with Crippen LogP contribution in [0.15, 0.2) is 30.3 Å². The maximum absolute atomic E-state index is 12.3. The minimum atomic E-state index is -0.0424. The zero-order valence-electron chi connectivity index (χ0n) is 12.8. The topological polar surface area (TPSA) is 32.3 Å². The first kappa shape index (κ1) is 15.6. The van der Waals surface area contributed by atoms with Crippen LogP contribution in [-0.4, -0.2) is 37.0 Å². The van der Waals surface area contributed by atoms with Gasteiger partial charge in [0.2, 0.25) is 0 Å². The van der Waals surface area contributed by atoms with Gasteiger partial charge in [-0.2, -0.15) is 0 Å². The van der Waals surface area contributed by atoms with Crippen LogP contribution in [0.3, 0.4) is 0 Å². The third-order valence-electron chi connectivity index (χ3n) is 3.81. The molecule has 21 heavy (non-hydrogen) atoms. The molecule has 1 aromatic rings. The first-order chi connectivity index (χ1) is 10.3. The van der Waals surface area contributed by atoms with Crippen molar-refractivity contribution in [2.45, 2.75) is 26.2 Å². The largest absolute Gasteiger partial charge is 0.332 e. The van der Waals surface area contributed by atoms with Crippen molar-refractivity contribution in [3.05, 3.63) is 35.9 Å². The number of carbonyl (C=O) groups is 1. The smallest absolute Gasteiger partial charge is 0.298 e. The lowest BCUT2D eigenvalue weighted by Gasteiger charge is -2.28. The molecule has 0 spiro atoms. The lowest BCUT2D eigenvalue weighted by atomic mass is 9.97. The second kappa shape index (κ2) is 8.49. The monoisotopic (exact) mass is 284 g/mol.